The van der Waals surface area contributed by atoms with Gasteiger partial charge in [0.2, 0.25) is 11.8 Å². The number of carbonyl (C=O) groups excluding carboxylic acids is 1. The molecule has 0 atom stereocenters. The van der Waals surface area contributed by atoms with Gasteiger partial charge in [0.05, 0.1) is 12.1 Å². The van der Waals surface area contributed by atoms with Crippen molar-refractivity contribution in [3.05, 3.63) is 60.0 Å². The standard InChI is InChI=1S/C23H29FN2O2/c1-2-18(23(25)27)17-20(24)12-7-5-3-4-6-10-16-28-22-15-14-19-11-8-9-13-21(19)26-22/h8-9,11-15,17H,2-7,10,16H2,1H3,(H2,25,27)/b18-17+,20-12-. The number of aromatic nitrogens is 1. The summed E-state index contributed by atoms with van der Waals surface area (Å²) in [5.41, 5.74) is 6.43. The highest BCUT2D eigenvalue weighted by Gasteiger charge is 2.03. The number of ether oxygens (including phenoxy) is 1. The summed E-state index contributed by atoms with van der Waals surface area (Å²) in [6.45, 7) is 2.43. The van der Waals surface area contributed by atoms with Crippen molar-refractivity contribution < 1.29 is 13.9 Å². The van der Waals surface area contributed by atoms with E-state index in [-0.39, 0.29) is 5.83 Å². The lowest BCUT2D eigenvalue weighted by Crippen LogP contribution is -2.13. The molecule has 1 amide bonds. The molecule has 2 N–H and O–H groups in total. The average Bonchev–Trinajstić information content (AvgIpc) is 2.70. The number of allylic oxidation sites excluding steroid dienone is 3. The van der Waals surface area contributed by atoms with Crippen LogP contribution in [0.15, 0.2) is 60.0 Å². The number of para-hydroxylation sites is 1. The number of unbranched alkanes of at least 4 members (excludes halogenated alkanes) is 5. The quantitative estimate of drug-likeness (QED) is 0.293. The van der Waals surface area contributed by atoms with Crippen LogP contribution in [0.5, 0.6) is 5.88 Å². The third-order valence-electron chi connectivity index (χ3n) is 4.52. The number of primary amides is 1. The van der Waals surface area contributed by atoms with Crippen molar-refractivity contribution in [2.45, 2.75) is 51.9 Å². The van der Waals surface area contributed by atoms with Crippen LogP contribution in [0.4, 0.5) is 4.39 Å². The fourth-order valence-corrected chi connectivity index (χ4v) is 2.89. The van der Waals surface area contributed by atoms with Gasteiger partial charge in [-0.2, -0.15) is 0 Å². The Balaban J connectivity index is 1.57. The highest BCUT2D eigenvalue weighted by Crippen LogP contribution is 2.16. The van der Waals surface area contributed by atoms with Gasteiger partial charge in [-0.25, -0.2) is 9.37 Å². The number of pyridine rings is 1. The maximum atomic E-state index is 13.7. The normalized spacial score (nSPS) is 12.4. The molecule has 150 valence electrons. The van der Waals surface area contributed by atoms with Crippen LogP contribution in [0.1, 0.15) is 51.9 Å². The molecular weight excluding hydrogens is 355 g/mol. The maximum absolute atomic E-state index is 13.7. The molecule has 0 bridgehead atoms. The number of nitrogens with zero attached hydrogens (tertiary/aromatic N) is 1. The van der Waals surface area contributed by atoms with Crippen LogP contribution in [-0.4, -0.2) is 17.5 Å². The number of benzene rings is 1. The highest BCUT2D eigenvalue weighted by molar-refractivity contribution is 5.92. The van der Waals surface area contributed by atoms with Crippen LogP contribution in [0.3, 0.4) is 0 Å². The van der Waals surface area contributed by atoms with Crippen LogP contribution in [0, 0.1) is 0 Å². The van der Waals surface area contributed by atoms with Gasteiger partial charge in [-0.15, -0.1) is 0 Å². The second kappa shape index (κ2) is 11.9. The summed E-state index contributed by atoms with van der Waals surface area (Å²) in [6.07, 6.45) is 8.95. The van der Waals surface area contributed by atoms with E-state index in [1.165, 1.54) is 12.2 Å². The molecule has 28 heavy (non-hydrogen) atoms. The van der Waals surface area contributed by atoms with Gasteiger partial charge in [0.15, 0.2) is 0 Å². The zero-order chi connectivity index (χ0) is 20.2. The third kappa shape index (κ3) is 7.51. The van der Waals surface area contributed by atoms with Gasteiger partial charge in [-0.1, -0.05) is 44.4 Å². The minimum Gasteiger partial charge on any atom is -0.478 e. The molecule has 0 unspecified atom stereocenters. The minimum atomic E-state index is -0.563. The molecule has 5 heteroatoms. The first-order chi connectivity index (χ1) is 13.6. The molecule has 0 fully saturated rings. The predicted molar refractivity (Wildman–Crippen MR) is 112 cm³/mol. The number of rotatable bonds is 12. The molecule has 0 aliphatic heterocycles. The lowest BCUT2D eigenvalue weighted by atomic mass is 10.1. The van der Waals surface area contributed by atoms with E-state index in [9.17, 15) is 9.18 Å². The second-order valence-electron chi connectivity index (χ2n) is 6.72. The number of halogens is 1. The van der Waals surface area contributed by atoms with Gasteiger partial charge >= 0.3 is 0 Å². The SMILES string of the molecule is CC/C(=C\C(F)=C\CCCCCCCOc1ccc2ccccc2n1)C(N)=O. The topological polar surface area (TPSA) is 65.2 Å². The van der Waals surface area contributed by atoms with Crippen molar-refractivity contribution in [2.75, 3.05) is 6.61 Å². The number of nitrogens with two attached hydrogens (primary N) is 1. The molecule has 1 aromatic carbocycles. The Kier molecular flexibility index (Phi) is 9.19. The monoisotopic (exact) mass is 384 g/mol. The summed E-state index contributed by atoms with van der Waals surface area (Å²) in [6, 6.07) is 11.9. The molecule has 2 rings (SSSR count). The summed E-state index contributed by atoms with van der Waals surface area (Å²) in [5, 5.41) is 1.11. The number of hydrogen-bond acceptors (Lipinski definition) is 3. The van der Waals surface area contributed by atoms with Gasteiger partial charge in [0, 0.05) is 17.0 Å². The Morgan fingerprint density at radius 2 is 1.86 bits per heavy atom. The number of fused-ring (bicyclic) bond motifs is 1. The molecule has 1 heterocycles. The van der Waals surface area contributed by atoms with Crippen molar-refractivity contribution in [2.24, 2.45) is 5.73 Å². The van der Waals surface area contributed by atoms with Crippen molar-refractivity contribution >= 4 is 16.8 Å². The zero-order valence-electron chi connectivity index (χ0n) is 16.5. The summed E-state index contributed by atoms with van der Waals surface area (Å²) < 4.78 is 19.4. The van der Waals surface area contributed by atoms with Crippen LogP contribution in [0.2, 0.25) is 0 Å². The van der Waals surface area contributed by atoms with Gasteiger partial charge in [-0.3, -0.25) is 4.79 Å². The Morgan fingerprint density at radius 3 is 2.64 bits per heavy atom. The minimum absolute atomic E-state index is 0.314. The Bertz CT molecular complexity index is 830. The number of carbonyl (C=O) groups is 1. The van der Waals surface area contributed by atoms with Crippen LogP contribution >= 0.6 is 0 Å². The lowest BCUT2D eigenvalue weighted by Gasteiger charge is -2.06. The largest absolute Gasteiger partial charge is 0.478 e. The molecule has 1 aromatic heterocycles. The Morgan fingerprint density at radius 1 is 1.11 bits per heavy atom. The molecule has 0 spiro atoms. The molecular formula is C23H29FN2O2. The van der Waals surface area contributed by atoms with Gasteiger partial charge in [0.25, 0.3) is 0 Å². The lowest BCUT2D eigenvalue weighted by molar-refractivity contribution is -0.114. The zero-order valence-corrected chi connectivity index (χ0v) is 16.5. The van der Waals surface area contributed by atoms with E-state index in [0.29, 0.717) is 30.9 Å². The van der Waals surface area contributed by atoms with Crippen LogP contribution < -0.4 is 10.5 Å². The van der Waals surface area contributed by atoms with Crippen molar-refractivity contribution in [1.82, 2.24) is 4.98 Å². The fourth-order valence-electron chi connectivity index (χ4n) is 2.89. The van der Waals surface area contributed by atoms with Crippen molar-refractivity contribution in [3.8, 4) is 5.88 Å². The number of hydrogen-bond donors (Lipinski definition) is 1. The highest BCUT2D eigenvalue weighted by atomic mass is 19.1. The van der Waals surface area contributed by atoms with Crippen molar-refractivity contribution in [3.63, 3.8) is 0 Å². The second-order valence-corrected chi connectivity index (χ2v) is 6.72. The first-order valence-corrected chi connectivity index (χ1v) is 9.94. The predicted octanol–water partition coefficient (Wildman–Crippen LogP) is 5.63. The van der Waals surface area contributed by atoms with Crippen LogP contribution in [-0.2, 0) is 4.79 Å². The van der Waals surface area contributed by atoms with E-state index in [1.54, 1.807) is 6.92 Å². The summed E-state index contributed by atoms with van der Waals surface area (Å²) >= 11 is 0. The summed E-state index contributed by atoms with van der Waals surface area (Å²) in [5.74, 6) is -0.283. The molecule has 0 aliphatic rings. The first-order valence-electron chi connectivity index (χ1n) is 9.94. The molecule has 0 radical (unpaired) electrons. The van der Waals surface area contributed by atoms with E-state index in [4.69, 9.17) is 10.5 Å². The molecule has 0 aliphatic carbocycles. The fraction of sp³-hybridized carbons (Fsp3) is 0.391. The van der Waals surface area contributed by atoms with Crippen molar-refractivity contribution in [1.29, 1.82) is 0 Å². The van der Waals surface area contributed by atoms with Crippen LogP contribution in [0.25, 0.3) is 10.9 Å². The molecule has 0 saturated heterocycles. The number of amides is 1. The van der Waals surface area contributed by atoms with Gasteiger partial charge < -0.3 is 10.5 Å². The Labute approximate surface area is 166 Å². The summed E-state index contributed by atoms with van der Waals surface area (Å²) in [7, 11) is 0. The Hall–Kier alpha value is -2.69. The van der Waals surface area contributed by atoms with E-state index in [0.717, 1.165) is 43.0 Å². The smallest absolute Gasteiger partial charge is 0.244 e. The van der Waals surface area contributed by atoms with Gasteiger partial charge in [-0.05, 0) is 50.0 Å². The molecule has 2 aromatic rings. The summed E-state index contributed by atoms with van der Waals surface area (Å²) in [4.78, 5) is 15.6. The van der Waals surface area contributed by atoms with E-state index in [1.807, 2.05) is 36.4 Å². The van der Waals surface area contributed by atoms with E-state index >= 15 is 0 Å². The molecule has 4 nitrogen and oxygen atoms in total. The van der Waals surface area contributed by atoms with E-state index < -0.39 is 5.91 Å². The average molecular weight is 384 g/mol. The molecule has 0 saturated carbocycles. The van der Waals surface area contributed by atoms with E-state index in [2.05, 4.69) is 4.98 Å². The third-order valence-corrected chi connectivity index (χ3v) is 4.52. The maximum Gasteiger partial charge on any atom is 0.244 e. The van der Waals surface area contributed by atoms with Gasteiger partial charge in [0.1, 0.15) is 5.83 Å². The first kappa shape index (κ1) is 21.6.